The first-order valence-electron chi connectivity index (χ1n) is 9.85. The maximum Gasteiger partial charge on any atom is 0.303 e. The third-order valence-corrected chi connectivity index (χ3v) is 4.82. The van der Waals surface area contributed by atoms with E-state index in [4.69, 9.17) is 5.11 Å². The Labute approximate surface area is 162 Å². The summed E-state index contributed by atoms with van der Waals surface area (Å²) < 4.78 is 0. The molecule has 5 nitrogen and oxygen atoms in total. The quantitative estimate of drug-likeness (QED) is 0.390. The molecular formula is C22H34O5. The molecule has 0 unspecified atom stereocenters. The van der Waals surface area contributed by atoms with Gasteiger partial charge in [0.25, 0.3) is 0 Å². The zero-order valence-electron chi connectivity index (χ0n) is 16.2. The molecular weight excluding hydrogens is 344 g/mol. The van der Waals surface area contributed by atoms with Crippen LogP contribution in [0.15, 0.2) is 48.6 Å². The Morgan fingerprint density at radius 3 is 2.30 bits per heavy atom. The topological polar surface area (TPSA) is 98.0 Å². The number of carboxylic acids is 1. The minimum Gasteiger partial charge on any atom is -0.481 e. The fraction of sp³-hybridized carbons (Fsp3) is 0.591. The van der Waals surface area contributed by atoms with Crippen LogP contribution in [-0.2, 0) is 4.79 Å². The van der Waals surface area contributed by atoms with Gasteiger partial charge in [-0.25, -0.2) is 0 Å². The van der Waals surface area contributed by atoms with Gasteiger partial charge in [0, 0.05) is 18.8 Å². The molecule has 0 bridgehead atoms. The number of aliphatic hydroxyl groups excluding tert-OH is 3. The van der Waals surface area contributed by atoms with E-state index in [-0.39, 0.29) is 24.7 Å². The van der Waals surface area contributed by atoms with Gasteiger partial charge in [0.05, 0.1) is 18.3 Å². The normalized spacial score (nSPS) is 27.6. The maximum atomic E-state index is 10.8. The second-order valence-corrected chi connectivity index (χ2v) is 7.03. The molecule has 5 heteroatoms. The minimum absolute atomic E-state index is 0.0359. The third kappa shape index (κ3) is 9.70. The first kappa shape index (κ1) is 23.3. The van der Waals surface area contributed by atoms with Crippen molar-refractivity contribution in [1.82, 2.24) is 0 Å². The number of allylic oxidation sites excluding steroid dienone is 5. The fourth-order valence-corrected chi connectivity index (χ4v) is 3.35. The van der Waals surface area contributed by atoms with Crippen LogP contribution >= 0.6 is 0 Å². The standard InChI is InChI=1S/C22H34O5/c1-2-3-4-5-6-7-8-9-10-11-17(23)12-13-18-19(14-15-22(26)27)21(25)16-20(18)24/h3-4,6-7,9-10,12-13,17-21,23-25H,2,5,8,11,14-16H2,1H3,(H,26,27)/b4-3-,7-6+,10-9-,13-12+/t17-,18+,19+,20+,21-/m0/s1. The Hall–Kier alpha value is -1.69. The van der Waals surface area contributed by atoms with E-state index in [9.17, 15) is 20.1 Å². The zero-order chi connectivity index (χ0) is 20.1. The Morgan fingerprint density at radius 1 is 1.04 bits per heavy atom. The lowest BCUT2D eigenvalue weighted by molar-refractivity contribution is -0.137. The highest BCUT2D eigenvalue weighted by Gasteiger charge is 2.40. The van der Waals surface area contributed by atoms with Crippen LogP contribution < -0.4 is 0 Å². The lowest BCUT2D eigenvalue weighted by Gasteiger charge is -2.20. The summed E-state index contributed by atoms with van der Waals surface area (Å²) in [6.45, 7) is 2.11. The predicted molar refractivity (Wildman–Crippen MR) is 107 cm³/mol. The van der Waals surface area contributed by atoms with Crippen molar-refractivity contribution in [1.29, 1.82) is 0 Å². The van der Waals surface area contributed by atoms with Crippen molar-refractivity contribution in [3.05, 3.63) is 48.6 Å². The van der Waals surface area contributed by atoms with Gasteiger partial charge in [-0.15, -0.1) is 0 Å². The van der Waals surface area contributed by atoms with Crippen molar-refractivity contribution < 1.29 is 25.2 Å². The van der Waals surface area contributed by atoms with E-state index in [1.54, 1.807) is 12.2 Å². The average Bonchev–Trinajstić information content (AvgIpc) is 2.89. The smallest absolute Gasteiger partial charge is 0.303 e. The van der Waals surface area contributed by atoms with E-state index in [2.05, 4.69) is 31.2 Å². The highest BCUT2D eigenvalue weighted by atomic mass is 16.4. The Morgan fingerprint density at radius 2 is 1.67 bits per heavy atom. The van der Waals surface area contributed by atoms with E-state index >= 15 is 0 Å². The SMILES string of the molecule is CC/C=C\C/C=C/C/C=C\C[C@H](O)/C=C/[C@@H]1[C@@H](CCC(=O)O)[C@@H](O)C[C@H]1O. The third-order valence-electron chi connectivity index (χ3n) is 4.82. The molecule has 0 aromatic rings. The highest BCUT2D eigenvalue weighted by molar-refractivity contribution is 5.66. The average molecular weight is 379 g/mol. The molecule has 4 N–H and O–H groups in total. The molecule has 1 aliphatic rings. The summed E-state index contributed by atoms with van der Waals surface area (Å²) in [6.07, 6.45) is 17.5. The molecule has 0 aromatic carbocycles. The number of hydrogen-bond donors (Lipinski definition) is 4. The largest absolute Gasteiger partial charge is 0.481 e. The van der Waals surface area contributed by atoms with Crippen LogP contribution in [0.4, 0.5) is 0 Å². The molecule has 0 heterocycles. The molecule has 0 amide bonds. The van der Waals surface area contributed by atoms with Crippen molar-refractivity contribution in [2.75, 3.05) is 0 Å². The Bertz CT molecular complexity index is 535. The minimum atomic E-state index is -0.910. The molecule has 1 saturated carbocycles. The molecule has 1 aliphatic carbocycles. The Kier molecular flexibility index (Phi) is 11.7. The van der Waals surface area contributed by atoms with Crippen LogP contribution in [-0.4, -0.2) is 44.7 Å². The number of rotatable bonds is 12. The summed E-state index contributed by atoms with van der Waals surface area (Å²) in [5.41, 5.74) is 0. The molecule has 1 rings (SSSR count). The van der Waals surface area contributed by atoms with Gasteiger partial charge in [-0.1, -0.05) is 55.5 Å². The van der Waals surface area contributed by atoms with Gasteiger partial charge in [-0.3, -0.25) is 4.79 Å². The number of aliphatic carboxylic acids is 1. The first-order valence-corrected chi connectivity index (χ1v) is 9.85. The van der Waals surface area contributed by atoms with Crippen molar-refractivity contribution in [3.8, 4) is 0 Å². The summed E-state index contributed by atoms with van der Waals surface area (Å²) in [7, 11) is 0. The van der Waals surface area contributed by atoms with E-state index in [1.807, 2.05) is 12.2 Å². The fourth-order valence-electron chi connectivity index (χ4n) is 3.35. The molecule has 0 spiro atoms. The van der Waals surface area contributed by atoms with Gasteiger partial charge in [-0.2, -0.15) is 0 Å². The van der Waals surface area contributed by atoms with Gasteiger partial charge in [0.15, 0.2) is 0 Å². The molecule has 0 aromatic heterocycles. The van der Waals surface area contributed by atoms with Crippen molar-refractivity contribution in [2.45, 2.75) is 70.2 Å². The molecule has 27 heavy (non-hydrogen) atoms. The molecule has 1 fully saturated rings. The number of aliphatic hydroxyl groups is 3. The maximum absolute atomic E-state index is 10.8. The van der Waals surface area contributed by atoms with Crippen LogP contribution in [0.3, 0.4) is 0 Å². The molecule has 152 valence electrons. The van der Waals surface area contributed by atoms with E-state index in [0.717, 1.165) is 19.3 Å². The summed E-state index contributed by atoms with van der Waals surface area (Å²) in [5, 5.41) is 39.0. The van der Waals surface area contributed by atoms with Gasteiger partial charge >= 0.3 is 5.97 Å². The van der Waals surface area contributed by atoms with Gasteiger partial charge in [0.1, 0.15) is 0 Å². The molecule has 5 atom stereocenters. The van der Waals surface area contributed by atoms with Crippen LogP contribution in [0.25, 0.3) is 0 Å². The molecule has 0 saturated heterocycles. The van der Waals surface area contributed by atoms with Gasteiger partial charge < -0.3 is 20.4 Å². The molecule has 0 aliphatic heterocycles. The van der Waals surface area contributed by atoms with Crippen LogP contribution in [0.1, 0.15) is 51.9 Å². The van der Waals surface area contributed by atoms with Crippen LogP contribution in [0.5, 0.6) is 0 Å². The number of carbonyl (C=O) groups is 1. The highest BCUT2D eigenvalue weighted by Crippen LogP contribution is 2.36. The summed E-state index contributed by atoms with van der Waals surface area (Å²) >= 11 is 0. The van der Waals surface area contributed by atoms with E-state index in [1.165, 1.54) is 0 Å². The summed E-state index contributed by atoms with van der Waals surface area (Å²) in [5.74, 6) is -1.52. The van der Waals surface area contributed by atoms with E-state index < -0.39 is 24.3 Å². The number of carboxylic acid groups (broad SMARTS) is 1. The molecule has 0 radical (unpaired) electrons. The lowest BCUT2D eigenvalue weighted by Crippen LogP contribution is -2.22. The van der Waals surface area contributed by atoms with Crippen molar-refractivity contribution in [2.24, 2.45) is 11.8 Å². The van der Waals surface area contributed by atoms with Crippen molar-refractivity contribution >= 4 is 5.97 Å². The van der Waals surface area contributed by atoms with E-state index in [0.29, 0.717) is 12.8 Å². The Balaban J connectivity index is 2.39. The zero-order valence-corrected chi connectivity index (χ0v) is 16.2. The summed E-state index contributed by atoms with van der Waals surface area (Å²) in [6, 6.07) is 0. The monoisotopic (exact) mass is 378 g/mol. The second-order valence-electron chi connectivity index (χ2n) is 7.03. The van der Waals surface area contributed by atoms with Gasteiger partial charge in [0.2, 0.25) is 0 Å². The van der Waals surface area contributed by atoms with Crippen LogP contribution in [0.2, 0.25) is 0 Å². The van der Waals surface area contributed by atoms with Crippen molar-refractivity contribution in [3.63, 3.8) is 0 Å². The first-order chi connectivity index (χ1) is 13.0. The van der Waals surface area contributed by atoms with Gasteiger partial charge in [-0.05, 0) is 38.0 Å². The van der Waals surface area contributed by atoms with Crippen LogP contribution in [0, 0.1) is 11.8 Å². The second kappa shape index (κ2) is 13.5. The predicted octanol–water partition coefficient (Wildman–Crippen LogP) is 3.38. The summed E-state index contributed by atoms with van der Waals surface area (Å²) in [4.78, 5) is 10.8. The number of hydrogen-bond acceptors (Lipinski definition) is 4. The lowest BCUT2D eigenvalue weighted by atomic mass is 9.88.